The van der Waals surface area contributed by atoms with Gasteiger partial charge in [0.05, 0.1) is 6.61 Å². The van der Waals surface area contributed by atoms with Crippen LogP contribution in [0.4, 0.5) is 0 Å². The van der Waals surface area contributed by atoms with Crippen molar-refractivity contribution in [2.45, 2.75) is 25.7 Å². The lowest BCUT2D eigenvalue weighted by Gasteiger charge is -2.21. The molecule has 1 saturated heterocycles. The Labute approximate surface area is 99.9 Å². The number of rotatable bonds is 4. The van der Waals surface area contributed by atoms with Gasteiger partial charge in [0.25, 0.3) is 0 Å². The molecule has 0 aromatic heterocycles. The fourth-order valence-corrected chi connectivity index (χ4v) is 5.81. The number of hydrogen-bond donors (Lipinski definition) is 0. The summed E-state index contributed by atoms with van der Waals surface area (Å²) in [5, 5.41) is 0. The van der Waals surface area contributed by atoms with Crippen LogP contribution in [-0.2, 0) is 13.3 Å². The summed E-state index contributed by atoms with van der Waals surface area (Å²) >= 11 is 0. The van der Waals surface area contributed by atoms with Crippen LogP contribution in [0.25, 0.3) is 0 Å². The predicted molar refractivity (Wildman–Crippen MR) is 68.9 cm³/mol. The molecule has 0 saturated carbocycles. The molecular formula is C10H20O4Si2. The first-order chi connectivity index (χ1) is 6.97. The maximum atomic E-state index is 5.84. The maximum absolute atomic E-state index is 5.84. The van der Waals surface area contributed by atoms with E-state index in [2.05, 4.69) is 31.1 Å². The van der Waals surface area contributed by atoms with E-state index >= 15 is 0 Å². The largest absolute Gasteiger partial charge is 0.430 e. The summed E-state index contributed by atoms with van der Waals surface area (Å²) in [6.45, 7) is 10.8. The van der Waals surface area contributed by atoms with Crippen molar-refractivity contribution in [3.05, 3.63) is 12.2 Å². The van der Waals surface area contributed by atoms with Crippen LogP contribution in [0.15, 0.2) is 12.2 Å². The average molecular weight is 260 g/mol. The van der Waals surface area contributed by atoms with Crippen molar-refractivity contribution >= 4 is 17.6 Å². The first kappa shape index (κ1) is 15.6. The molecule has 16 heavy (non-hydrogen) atoms. The summed E-state index contributed by atoms with van der Waals surface area (Å²) in [5.41, 5.74) is 3.93. The SMILES string of the molecule is C=C(C#C[Si](C)(OC)O[SiH](C)C)C1CO1.O. The molecule has 1 heterocycles. The van der Waals surface area contributed by atoms with Crippen LogP contribution in [-0.4, -0.2) is 42.9 Å². The Morgan fingerprint density at radius 2 is 2.12 bits per heavy atom. The lowest BCUT2D eigenvalue weighted by molar-refractivity contribution is 0.326. The van der Waals surface area contributed by atoms with Crippen LogP contribution in [0.3, 0.4) is 0 Å². The second kappa shape index (κ2) is 6.34. The summed E-state index contributed by atoms with van der Waals surface area (Å²) in [7, 11) is -1.73. The molecule has 1 aliphatic rings. The van der Waals surface area contributed by atoms with E-state index in [1.165, 1.54) is 0 Å². The van der Waals surface area contributed by atoms with Crippen LogP contribution in [0.5, 0.6) is 0 Å². The molecule has 1 aliphatic heterocycles. The molecular weight excluding hydrogens is 240 g/mol. The molecule has 0 aromatic carbocycles. The second-order valence-corrected chi connectivity index (χ2v) is 9.50. The minimum absolute atomic E-state index is 0. The minimum Gasteiger partial charge on any atom is -0.430 e. The van der Waals surface area contributed by atoms with Crippen molar-refractivity contribution in [2.75, 3.05) is 13.7 Å². The van der Waals surface area contributed by atoms with E-state index in [1.807, 2.05) is 6.55 Å². The van der Waals surface area contributed by atoms with Gasteiger partial charge < -0.3 is 18.8 Å². The molecule has 2 N–H and O–H groups in total. The zero-order chi connectivity index (χ0) is 11.5. The third kappa shape index (κ3) is 5.07. The van der Waals surface area contributed by atoms with Gasteiger partial charge in [0.2, 0.25) is 0 Å². The molecule has 4 nitrogen and oxygen atoms in total. The van der Waals surface area contributed by atoms with Crippen LogP contribution in [0.1, 0.15) is 0 Å². The molecule has 0 amide bonds. The normalized spacial score (nSPS) is 21.4. The fraction of sp³-hybridized carbons (Fsp3) is 0.600. The number of epoxide rings is 1. The van der Waals surface area contributed by atoms with E-state index in [1.54, 1.807) is 7.11 Å². The van der Waals surface area contributed by atoms with E-state index in [9.17, 15) is 0 Å². The molecule has 1 fully saturated rings. The highest BCUT2D eigenvalue weighted by Crippen LogP contribution is 2.17. The maximum Gasteiger partial charge on any atom is 0.410 e. The molecule has 2 atom stereocenters. The first-order valence-corrected chi connectivity index (χ1v) is 10.1. The third-order valence-electron chi connectivity index (χ3n) is 2.02. The first-order valence-electron chi connectivity index (χ1n) is 5.03. The van der Waals surface area contributed by atoms with Crippen molar-refractivity contribution in [1.29, 1.82) is 0 Å². The molecule has 2 unspecified atom stereocenters. The van der Waals surface area contributed by atoms with Gasteiger partial charge in [-0.2, -0.15) is 0 Å². The summed E-state index contributed by atoms with van der Waals surface area (Å²) < 4.78 is 16.3. The lowest BCUT2D eigenvalue weighted by Crippen LogP contribution is -2.40. The summed E-state index contributed by atoms with van der Waals surface area (Å²) in [6, 6.07) is 0. The quantitative estimate of drug-likeness (QED) is 0.417. The van der Waals surface area contributed by atoms with Gasteiger partial charge >= 0.3 is 8.56 Å². The van der Waals surface area contributed by atoms with Gasteiger partial charge in [-0.25, -0.2) is 0 Å². The monoisotopic (exact) mass is 260 g/mol. The standard InChI is InChI=1S/C10H18O3Si2.H2O/c1-9(10-8-12-10)6-7-15(5,11-2)13-14(3)4;/h10,14H,1,8H2,2-5H3;1H2. The Morgan fingerprint density at radius 3 is 2.50 bits per heavy atom. The van der Waals surface area contributed by atoms with Gasteiger partial charge in [-0.1, -0.05) is 18.0 Å². The van der Waals surface area contributed by atoms with Crippen molar-refractivity contribution in [1.82, 2.24) is 0 Å². The Hall–Kier alpha value is -0.426. The Morgan fingerprint density at radius 1 is 1.56 bits per heavy atom. The molecule has 1 rings (SSSR count). The third-order valence-corrected chi connectivity index (χ3v) is 7.07. The highest BCUT2D eigenvalue weighted by atomic mass is 28.4. The summed E-state index contributed by atoms with van der Waals surface area (Å²) in [6.07, 6.45) is 0.143. The zero-order valence-electron chi connectivity index (χ0n) is 10.3. The van der Waals surface area contributed by atoms with E-state index in [0.29, 0.717) is 0 Å². The molecule has 0 radical (unpaired) electrons. The predicted octanol–water partition coefficient (Wildman–Crippen LogP) is 0.378. The highest BCUT2D eigenvalue weighted by molar-refractivity contribution is 6.80. The smallest absolute Gasteiger partial charge is 0.410 e. The fourth-order valence-electron chi connectivity index (χ4n) is 1.10. The Bertz CT molecular complexity index is 304. The molecule has 6 heteroatoms. The van der Waals surface area contributed by atoms with E-state index in [4.69, 9.17) is 13.3 Å². The van der Waals surface area contributed by atoms with Crippen molar-refractivity contribution in [2.24, 2.45) is 0 Å². The molecule has 0 spiro atoms. The van der Waals surface area contributed by atoms with Gasteiger partial charge in [-0.3, -0.25) is 0 Å². The Balaban J connectivity index is 0.00000225. The highest BCUT2D eigenvalue weighted by Gasteiger charge is 2.30. The van der Waals surface area contributed by atoms with Crippen LogP contribution in [0, 0.1) is 11.5 Å². The average Bonchev–Trinajstić information content (AvgIpc) is 2.96. The zero-order valence-corrected chi connectivity index (χ0v) is 12.4. The summed E-state index contributed by atoms with van der Waals surface area (Å²) in [5.74, 6) is 3.01. The lowest BCUT2D eigenvalue weighted by atomic mass is 10.2. The van der Waals surface area contributed by atoms with Gasteiger partial charge in [0, 0.05) is 12.7 Å². The Kier molecular flexibility index (Phi) is 6.17. The number of ether oxygens (including phenoxy) is 1. The molecule has 0 aromatic rings. The van der Waals surface area contributed by atoms with Crippen molar-refractivity contribution in [3.63, 3.8) is 0 Å². The molecule has 92 valence electrons. The minimum atomic E-state index is -2.28. The van der Waals surface area contributed by atoms with Crippen LogP contribution in [0.2, 0.25) is 19.6 Å². The number of hydrogen-bond acceptors (Lipinski definition) is 3. The summed E-state index contributed by atoms with van der Waals surface area (Å²) in [4.78, 5) is 0. The van der Waals surface area contributed by atoms with E-state index in [-0.39, 0.29) is 11.6 Å². The van der Waals surface area contributed by atoms with Gasteiger partial charge in [-0.15, -0.1) is 0 Å². The topological polar surface area (TPSA) is 62.5 Å². The van der Waals surface area contributed by atoms with Crippen molar-refractivity contribution < 1.29 is 18.8 Å². The molecule has 0 aliphatic carbocycles. The van der Waals surface area contributed by atoms with Crippen molar-refractivity contribution in [3.8, 4) is 11.5 Å². The van der Waals surface area contributed by atoms with E-state index in [0.717, 1.165) is 12.2 Å². The molecule has 0 bridgehead atoms. The van der Waals surface area contributed by atoms with Gasteiger partial charge in [0.15, 0.2) is 9.04 Å². The van der Waals surface area contributed by atoms with Gasteiger partial charge in [-0.05, 0) is 19.6 Å². The van der Waals surface area contributed by atoms with Crippen LogP contribution < -0.4 is 0 Å². The van der Waals surface area contributed by atoms with Gasteiger partial charge in [0.1, 0.15) is 6.10 Å². The van der Waals surface area contributed by atoms with Crippen LogP contribution >= 0.6 is 0 Å². The second-order valence-electron chi connectivity index (χ2n) is 3.91. The van der Waals surface area contributed by atoms with E-state index < -0.39 is 17.6 Å².